The fourth-order valence-electron chi connectivity index (χ4n) is 1.52. The molecule has 2 N–H and O–H groups in total. The molecule has 7 heteroatoms. The topological polar surface area (TPSA) is 53.1 Å². The monoisotopic (exact) mass is 271 g/mol. The van der Waals surface area contributed by atoms with Gasteiger partial charge in [0, 0.05) is 6.20 Å². The number of halogens is 3. The first-order valence-corrected chi connectivity index (χ1v) is 5.54. The molecular formula is C12H12F3N3O. The van der Waals surface area contributed by atoms with E-state index >= 15 is 0 Å². The maximum atomic E-state index is 12.5. The van der Waals surface area contributed by atoms with Crippen molar-refractivity contribution >= 4 is 5.82 Å². The Hall–Kier alpha value is -2.18. The number of rotatable bonds is 4. The van der Waals surface area contributed by atoms with Crippen LogP contribution in [0.2, 0.25) is 0 Å². The lowest BCUT2D eigenvalue weighted by atomic mass is 10.2. The number of benzene rings is 1. The van der Waals surface area contributed by atoms with Gasteiger partial charge in [0.2, 0.25) is 0 Å². The zero-order valence-electron chi connectivity index (χ0n) is 9.89. The Morgan fingerprint density at radius 2 is 2.05 bits per heavy atom. The summed E-state index contributed by atoms with van der Waals surface area (Å²) in [4.78, 5) is 0. The number of nitrogens with zero attached hydrogens (tertiary/aromatic N) is 2. The number of hydrogen-bond acceptors (Lipinski definition) is 3. The number of aromatic nitrogens is 2. The molecule has 1 heterocycles. The van der Waals surface area contributed by atoms with E-state index in [4.69, 9.17) is 10.5 Å². The quantitative estimate of drug-likeness (QED) is 0.929. The largest absolute Gasteiger partial charge is 0.492 e. The number of alkyl halides is 3. The fourth-order valence-corrected chi connectivity index (χ4v) is 1.52. The number of hydrogen-bond donors (Lipinski definition) is 1. The van der Waals surface area contributed by atoms with Gasteiger partial charge in [-0.25, -0.2) is 0 Å². The molecule has 0 aliphatic rings. The van der Waals surface area contributed by atoms with Gasteiger partial charge < -0.3 is 10.5 Å². The van der Waals surface area contributed by atoms with Crippen LogP contribution < -0.4 is 10.5 Å². The highest BCUT2D eigenvalue weighted by Crippen LogP contribution is 2.31. The van der Waals surface area contributed by atoms with Crippen LogP contribution in [0.4, 0.5) is 19.0 Å². The van der Waals surface area contributed by atoms with Gasteiger partial charge in [0.25, 0.3) is 0 Å². The minimum Gasteiger partial charge on any atom is -0.492 e. The average Bonchev–Trinajstić information content (AvgIpc) is 2.74. The van der Waals surface area contributed by atoms with Gasteiger partial charge in [0.15, 0.2) is 0 Å². The summed E-state index contributed by atoms with van der Waals surface area (Å²) in [5.74, 6) is 0.564. The van der Waals surface area contributed by atoms with Crippen LogP contribution in [0.25, 0.3) is 0 Å². The highest BCUT2D eigenvalue weighted by atomic mass is 19.4. The molecule has 2 aromatic rings. The summed E-state index contributed by atoms with van der Waals surface area (Å²) in [6, 6.07) is 6.39. The van der Waals surface area contributed by atoms with Gasteiger partial charge in [-0.2, -0.15) is 18.3 Å². The van der Waals surface area contributed by atoms with Crippen molar-refractivity contribution in [1.82, 2.24) is 9.78 Å². The maximum Gasteiger partial charge on any atom is 0.416 e. The first kappa shape index (κ1) is 13.3. The number of nitrogen functional groups attached to an aromatic ring is 1. The summed E-state index contributed by atoms with van der Waals surface area (Å²) in [6.07, 6.45) is -2.69. The Morgan fingerprint density at radius 1 is 1.26 bits per heavy atom. The van der Waals surface area contributed by atoms with Crippen LogP contribution in [0.5, 0.6) is 5.75 Å². The predicted molar refractivity (Wildman–Crippen MR) is 63.6 cm³/mol. The number of anilines is 1. The van der Waals surface area contributed by atoms with Crippen LogP contribution in [0.1, 0.15) is 5.56 Å². The number of nitrogens with two attached hydrogens (primary N) is 1. The lowest BCUT2D eigenvalue weighted by Gasteiger charge is -2.10. The Morgan fingerprint density at radius 3 is 2.68 bits per heavy atom. The minimum absolute atomic E-state index is 0.176. The Bertz CT molecular complexity index is 551. The lowest BCUT2D eigenvalue weighted by molar-refractivity contribution is -0.137. The van der Waals surface area contributed by atoms with Gasteiger partial charge in [0.05, 0.1) is 12.1 Å². The highest BCUT2D eigenvalue weighted by molar-refractivity contribution is 5.30. The zero-order valence-corrected chi connectivity index (χ0v) is 9.89. The van der Waals surface area contributed by atoms with Crippen molar-refractivity contribution in [2.75, 3.05) is 12.3 Å². The third-order valence-corrected chi connectivity index (χ3v) is 2.41. The molecule has 19 heavy (non-hydrogen) atoms. The molecule has 0 spiro atoms. The van der Waals surface area contributed by atoms with Gasteiger partial charge >= 0.3 is 6.18 Å². The van der Waals surface area contributed by atoms with E-state index in [0.29, 0.717) is 12.4 Å². The normalized spacial score (nSPS) is 11.5. The highest BCUT2D eigenvalue weighted by Gasteiger charge is 2.30. The van der Waals surface area contributed by atoms with Crippen LogP contribution in [0.3, 0.4) is 0 Å². The molecule has 0 atom stereocenters. The fraction of sp³-hybridized carbons (Fsp3) is 0.250. The predicted octanol–water partition coefficient (Wildman–Crippen LogP) is 2.56. The standard InChI is InChI=1S/C12H12F3N3O/c13-12(14,15)9-2-1-3-10(8-9)19-7-6-18-5-4-11(16)17-18/h1-5,8H,6-7H2,(H2,16,17). The van der Waals surface area contributed by atoms with Crippen LogP contribution in [-0.2, 0) is 12.7 Å². The summed E-state index contributed by atoms with van der Waals surface area (Å²) >= 11 is 0. The second-order valence-corrected chi connectivity index (χ2v) is 3.88. The molecule has 0 amide bonds. The Balaban J connectivity index is 1.93. The second kappa shape index (κ2) is 5.21. The maximum absolute atomic E-state index is 12.5. The van der Waals surface area contributed by atoms with Crippen molar-refractivity contribution in [2.24, 2.45) is 0 Å². The molecule has 1 aromatic heterocycles. The van der Waals surface area contributed by atoms with Gasteiger partial charge in [-0.05, 0) is 24.3 Å². The molecule has 0 radical (unpaired) electrons. The van der Waals surface area contributed by atoms with Crippen molar-refractivity contribution in [3.05, 3.63) is 42.1 Å². The smallest absolute Gasteiger partial charge is 0.416 e. The Kier molecular flexibility index (Phi) is 3.64. The van der Waals surface area contributed by atoms with Crippen molar-refractivity contribution in [1.29, 1.82) is 0 Å². The van der Waals surface area contributed by atoms with Gasteiger partial charge in [0.1, 0.15) is 18.2 Å². The molecule has 4 nitrogen and oxygen atoms in total. The van der Waals surface area contributed by atoms with E-state index in [9.17, 15) is 13.2 Å². The van der Waals surface area contributed by atoms with Crippen molar-refractivity contribution in [2.45, 2.75) is 12.7 Å². The third-order valence-electron chi connectivity index (χ3n) is 2.41. The van der Waals surface area contributed by atoms with E-state index in [2.05, 4.69) is 5.10 Å². The van der Waals surface area contributed by atoms with E-state index in [-0.39, 0.29) is 12.4 Å². The van der Waals surface area contributed by atoms with Crippen LogP contribution >= 0.6 is 0 Å². The van der Waals surface area contributed by atoms with Gasteiger partial charge in [-0.3, -0.25) is 4.68 Å². The van der Waals surface area contributed by atoms with Gasteiger partial charge in [-0.1, -0.05) is 6.07 Å². The first-order valence-electron chi connectivity index (χ1n) is 5.54. The average molecular weight is 271 g/mol. The zero-order chi connectivity index (χ0) is 13.9. The van der Waals surface area contributed by atoms with E-state index in [1.807, 2.05) is 0 Å². The molecule has 0 fully saturated rings. The summed E-state index contributed by atoms with van der Waals surface area (Å²) in [7, 11) is 0. The van der Waals surface area contributed by atoms with E-state index in [1.54, 1.807) is 16.9 Å². The molecule has 0 saturated heterocycles. The summed E-state index contributed by atoms with van der Waals surface area (Å²) < 4.78 is 44.2. The molecule has 0 unspecified atom stereocenters. The van der Waals surface area contributed by atoms with E-state index in [0.717, 1.165) is 12.1 Å². The van der Waals surface area contributed by atoms with Crippen molar-refractivity contribution in [3.63, 3.8) is 0 Å². The molecule has 0 aliphatic carbocycles. The van der Waals surface area contributed by atoms with E-state index < -0.39 is 11.7 Å². The van der Waals surface area contributed by atoms with Gasteiger partial charge in [-0.15, -0.1) is 0 Å². The molecule has 2 rings (SSSR count). The molecule has 102 valence electrons. The number of ether oxygens (including phenoxy) is 1. The SMILES string of the molecule is Nc1ccn(CCOc2cccc(C(F)(F)F)c2)n1. The third kappa shape index (κ3) is 3.64. The van der Waals surface area contributed by atoms with E-state index in [1.165, 1.54) is 12.1 Å². The van der Waals surface area contributed by atoms with Crippen molar-refractivity contribution in [3.8, 4) is 5.75 Å². The molecule has 0 saturated carbocycles. The van der Waals surface area contributed by atoms with Crippen molar-refractivity contribution < 1.29 is 17.9 Å². The molecular weight excluding hydrogens is 259 g/mol. The minimum atomic E-state index is -4.37. The first-order chi connectivity index (χ1) is 8.95. The molecule has 0 aliphatic heterocycles. The summed E-state index contributed by atoms with van der Waals surface area (Å²) in [5.41, 5.74) is 4.70. The van der Waals surface area contributed by atoms with Crippen LogP contribution in [0.15, 0.2) is 36.5 Å². The summed E-state index contributed by atoms with van der Waals surface area (Å²) in [6.45, 7) is 0.621. The van der Waals surface area contributed by atoms with Crippen LogP contribution in [-0.4, -0.2) is 16.4 Å². The lowest BCUT2D eigenvalue weighted by Crippen LogP contribution is -2.10. The molecule has 0 bridgehead atoms. The summed E-state index contributed by atoms with van der Waals surface area (Å²) in [5, 5.41) is 3.93. The van der Waals surface area contributed by atoms with Crippen LogP contribution in [0, 0.1) is 0 Å². The Labute approximate surface area is 107 Å². The molecule has 1 aromatic carbocycles. The second-order valence-electron chi connectivity index (χ2n) is 3.88.